The van der Waals surface area contributed by atoms with Gasteiger partial charge >= 0.3 is 0 Å². The highest BCUT2D eigenvalue weighted by Gasteiger charge is 2.14. The lowest BCUT2D eigenvalue weighted by molar-refractivity contribution is -0.118. The molecule has 3 aromatic rings. The van der Waals surface area contributed by atoms with E-state index in [0.717, 1.165) is 16.7 Å². The van der Waals surface area contributed by atoms with Gasteiger partial charge in [0.15, 0.2) is 0 Å². The molecule has 0 saturated carbocycles. The number of carbonyl (C=O) groups excluding carboxylic acids is 2. The Morgan fingerprint density at radius 1 is 1.03 bits per heavy atom. The van der Waals surface area contributed by atoms with E-state index in [-0.39, 0.29) is 23.2 Å². The molecule has 7 heteroatoms. The summed E-state index contributed by atoms with van der Waals surface area (Å²) in [5.74, 6) is 5.16. The summed E-state index contributed by atoms with van der Waals surface area (Å²) in [4.78, 5) is 32.4. The van der Waals surface area contributed by atoms with E-state index in [1.54, 1.807) is 31.7 Å². The van der Waals surface area contributed by atoms with Crippen molar-refractivity contribution in [3.05, 3.63) is 77.6 Å². The van der Waals surface area contributed by atoms with E-state index >= 15 is 0 Å². The second-order valence-corrected chi connectivity index (χ2v) is 6.78. The second kappa shape index (κ2) is 9.45. The molecule has 2 heterocycles. The quantitative estimate of drug-likeness (QED) is 0.354. The lowest BCUT2D eigenvalue weighted by Crippen LogP contribution is -2.21. The molecule has 2 amide bonds. The Kier molecular flexibility index (Phi) is 6.53. The number of rotatable bonds is 4. The van der Waals surface area contributed by atoms with Gasteiger partial charge in [0, 0.05) is 40.6 Å². The fraction of sp³-hybridized carbons (Fsp3) is 0.130. The largest absolute Gasteiger partial charge is 0.310 e. The smallest absolute Gasteiger partial charge is 0.274 e. The van der Waals surface area contributed by atoms with Gasteiger partial charge in [-0.15, -0.1) is 0 Å². The number of pyridine rings is 2. The monoisotopic (exact) mass is 400 g/mol. The Morgan fingerprint density at radius 2 is 1.77 bits per heavy atom. The molecule has 1 aromatic carbocycles. The van der Waals surface area contributed by atoms with E-state index in [1.165, 1.54) is 12.1 Å². The minimum Gasteiger partial charge on any atom is -0.310 e. The zero-order valence-electron chi connectivity index (χ0n) is 16.5. The number of carbonyl (C=O) groups is 2. The SMILES string of the molecule is CC(C)C(=O)Nc1cc(C(=O)NO)cc(-c2ccc(C#Cc3cccnc3)cc2)n1. The number of aromatic nitrogens is 2. The maximum Gasteiger partial charge on any atom is 0.274 e. The number of amides is 2. The van der Waals surface area contributed by atoms with Gasteiger partial charge in [-0.05, 0) is 36.4 Å². The van der Waals surface area contributed by atoms with E-state index in [4.69, 9.17) is 5.21 Å². The van der Waals surface area contributed by atoms with Gasteiger partial charge in [-0.1, -0.05) is 37.8 Å². The van der Waals surface area contributed by atoms with Crippen molar-refractivity contribution in [1.29, 1.82) is 0 Å². The van der Waals surface area contributed by atoms with Crippen LogP contribution in [0.1, 0.15) is 35.3 Å². The van der Waals surface area contributed by atoms with E-state index < -0.39 is 5.91 Å². The van der Waals surface area contributed by atoms with Gasteiger partial charge in [0.1, 0.15) is 5.82 Å². The highest BCUT2D eigenvalue weighted by molar-refractivity contribution is 5.97. The van der Waals surface area contributed by atoms with Crippen molar-refractivity contribution in [3.63, 3.8) is 0 Å². The Hall–Kier alpha value is -4.02. The summed E-state index contributed by atoms with van der Waals surface area (Å²) in [6, 6.07) is 14.0. The van der Waals surface area contributed by atoms with Crippen molar-refractivity contribution in [2.45, 2.75) is 13.8 Å². The average Bonchev–Trinajstić information content (AvgIpc) is 2.77. The summed E-state index contributed by atoms with van der Waals surface area (Å²) in [5.41, 5.74) is 4.60. The van der Waals surface area contributed by atoms with Crippen LogP contribution in [0.5, 0.6) is 0 Å². The van der Waals surface area contributed by atoms with Crippen molar-refractivity contribution in [3.8, 4) is 23.1 Å². The summed E-state index contributed by atoms with van der Waals surface area (Å²) in [5, 5.41) is 11.7. The minimum atomic E-state index is -0.697. The molecule has 2 aromatic heterocycles. The molecule has 0 unspecified atom stereocenters. The van der Waals surface area contributed by atoms with E-state index in [1.807, 2.05) is 36.4 Å². The number of hydrogen-bond donors (Lipinski definition) is 3. The molecule has 3 rings (SSSR count). The third-order valence-corrected chi connectivity index (χ3v) is 4.16. The number of nitrogens with zero attached hydrogens (tertiary/aromatic N) is 2. The number of anilines is 1. The molecule has 30 heavy (non-hydrogen) atoms. The molecule has 0 radical (unpaired) electrons. The predicted octanol–water partition coefficient (Wildman–Crippen LogP) is 3.26. The van der Waals surface area contributed by atoms with Crippen LogP contribution < -0.4 is 10.8 Å². The fourth-order valence-electron chi connectivity index (χ4n) is 2.51. The van der Waals surface area contributed by atoms with Crippen LogP contribution in [0.4, 0.5) is 5.82 Å². The molecule has 0 bridgehead atoms. The zero-order chi connectivity index (χ0) is 21.5. The first-order valence-electron chi connectivity index (χ1n) is 9.26. The Labute approximate surface area is 174 Å². The summed E-state index contributed by atoms with van der Waals surface area (Å²) >= 11 is 0. The van der Waals surface area contributed by atoms with Gasteiger partial charge in [0.2, 0.25) is 5.91 Å². The lowest BCUT2D eigenvalue weighted by Gasteiger charge is -2.11. The van der Waals surface area contributed by atoms with Gasteiger partial charge in [-0.3, -0.25) is 19.8 Å². The summed E-state index contributed by atoms with van der Waals surface area (Å²) < 4.78 is 0. The molecule has 0 fully saturated rings. The van der Waals surface area contributed by atoms with E-state index in [0.29, 0.717) is 5.69 Å². The van der Waals surface area contributed by atoms with Crippen LogP contribution in [0.15, 0.2) is 60.9 Å². The topological polar surface area (TPSA) is 104 Å². The van der Waals surface area contributed by atoms with Crippen LogP contribution in [-0.4, -0.2) is 27.0 Å². The Balaban J connectivity index is 1.91. The second-order valence-electron chi connectivity index (χ2n) is 6.78. The van der Waals surface area contributed by atoms with Gasteiger partial charge in [0.25, 0.3) is 5.91 Å². The third-order valence-electron chi connectivity index (χ3n) is 4.16. The highest BCUT2D eigenvalue weighted by Crippen LogP contribution is 2.22. The average molecular weight is 400 g/mol. The first-order valence-corrected chi connectivity index (χ1v) is 9.26. The Bertz CT molecular complexity index is 1110. The molecule has 0 aliphatic rings. The van der Waals surface area contributed by atoms with Crippen molar-refractivity contribution in [2.75, 3.05) is 5.32 Å². The van der Waals surface area contributed by atoms with Gasteiger partial charge < -0.3 is 5.32 Å². The van der Waals surface area contributed by atoms with E-state index in [2.05, 4.69) is 27.1 Å². The van der Waals surface area contributed by atoms with Gasteiger partial charge in [-0.25, -0.2) is 10.5 Å². The van der Waals surface area contributed by atoms with Crippen LogP contribution in [0.2, 0.25) is 0 Å². The zero-order valence-corrected chi connectivity index (χ0v) is 16.5. The van der Waals surface area contributed by atoms with Crippen LogP contribution in [0.25, 0.3) is 11.3 Å². The van der Waals surface area contributed by atoms with Crippen molar-refractivity contribution in [1.82, 2.24) is 15.4 Å². The molecule has 0 saturated heterocycles. The summed E-state index contributed by atoms with van der Waals surface area (Å²) in [6.07, 6.45) is 3.38. The fourth-order valence-corrected chi connectivity index (χ4v) is 2.51. The van der Waals surface area contributed by atoms with Crippen LogP contribution >= 0.6 is 0 Å². The van der Waals surface area contributed by atoms with Crippen LogP contribution in [0.3, 0.4) is 0 Å². The maximum absolute atomic E-state index is 12.0. The number of hydroxylamine groups is 1. The van der Waals surface area contributed by atoms with Gasteiger partial charge in [0.05, 0.1) is 5.69 Å². The van der Waals surface area contributed by atoms with Crippen molar-refractivity contribution < 1.29 is 14.8 Å². The maximum atomic E-state index is 12.0. The lowest BCUT2D eigenvalue weighted by atomic mass is 10.1. The van der Waals surface area contributed by atoms with Crippen molar-refractivity contribution >= 4 is 17.6 Å². The highest BCUT2D eigenvalue weighted by atomic mass is 16.5. The van der Waals surface area contributed by atoms with Gasteiger partial charge in [-0.2, -0.15) is 0 Å². The molecule has 0 spiro atoms. The first kappa shape index (κ1) is 20.7. The first-order chi connectivity index (χ1) is 14.5. The van der Waals surface area contributed by atoms with Crippen molar-refractivity contribution in [2.24, 2.45) is 5.92 Å². The minimum absolute atomic E-state index is 0.169. The summed E-state index contributed by atoms with van der Waals surface area (Å²) in [7, 11) is 0. The normalized spacial score (nSPS) is 10.1. The Morgan fingerprint density at radius 3 is 2.40 bits per heavy atom. The van der Waals surface area contributed by atoms with Crippen LogP contribution in [0, 0.1) is 17.8 Å². The molecule has 0 aliphatic carbocycles. The molecule has 0 aliphatic heterocycles. The number of benzene rings is 1. The number of hydrogen-bond acceptors (Lipinski definition) is 5. The summed E-state index contributed by atoms with van der Waals surface area (Å²) in [6.45, 7) is 3.51. The molecule has 3 N–H and O–H groups in total. The molecule has 150 valence electrons. The third kappa shape index (κ3) is 5.28. The van der Waals surface area contributed by atoms with E-state index in [9.17, 15) is 9.59 Å². The number of nitrogens with one attached hydrogen (secondary N) is 2. The van der Waals surface area contributed by atoms with Crippen LogP contribution in [-0.2, 0) is 4.79 Å². The molecular weight excluding hydrogens is 380 g/mol. The molecular formula is C23H20N4O3. The molecule has 7 nitrogen and oxygen atoms in total. The molecule has 0 atom stereocenters. The predicted molar refractivity (Wildman–Crippen MR) is 113 cm³/mol. The standard InChI is InChI=1S/C23H20N4O3/c1-15(2)22(28)26-21-13-19(23(29)27-30)12-20(25-21)18-9-7-16(8-10-18)5-6-17-4-3-11-24-14-17/h3-4,7-15,30H,1-2H3,(H,27,29)(H,25,26,28).